The number of thiazole rings is 1. The minimum absolute atomic E-state index is 0.181. The van der Waals surface area contributed by atoms with Crippen molar-refractivity contribution in [2.45, 2.75) is 58.3 Å². The van der Waals surface area contributed by atoms with Crippen molar-refractivity contribution in [3.05, 3.63) is 64.7 Å². The second-order valence-corrected chi connectivity index (χ2v) is 11.8. The van der Waals surface area contributed by atoms with E-state index in [-0.39, 0.29) is 10.8 Å². The SMILES string of the molecule is Cc1ccc2c(oc3c4ccccc4ccc23)c1-c1sc2c([n+]1C)C(C)(C)CCC2(C)C. The minimum Gasteiger partial charge on any atom is -0.454 e. The lowest BCUT2D eigenvalue weighted by molar-refractivity contribution is -0.668. The highest BCUT2D eigenvalue weighted by molar-refractivity contribution is 7.15. The highest BCUT2D eigenvalue weighted by Gasteiger charge is 2.47. The van der Waals surface area contributed by atoms with Crippen LogP contribution in [0.25, 0.3) is 43.3 Å². The molecule has 162 valence electrons. The molecule has 0 amide bonds. The van der Waals surface area contributed by atoms with E-state index in [2.05, 4.69) is 94.8 Å². The van der Waals surface area contributed by atoms with Gasteiger partial charge in [0.15, 0.2) is 5.58 Å². The van der Waals surface area contributed by atoms with E-state index in [1.165, 1.54) is 61.1 Å². The lowest BCUT2D eigenvalue weighted by atomic mass is 9.69. The van der Waals surface area contributed by atoms with Crippen molar-refractivity contribution in [3.8, 4) is 10.6 Å². The van der Waals surface area contributed by atoms with Gasteiger partial charge in [-0.2, -0.15) is 4.57 Å². The average Bonchev–Trinajstić information content (AvgIpc) is 3.31. The van der Waals surface area contributed by atoms with Gasteiger partial charge in [0, 0.05) is 21.6 Å². The summed E-state index contributed by atoms with van der Waals surface area (Å²) in [5.41, 5.74) is 6.40. The van der Waals surface area contributed by atoms with E-state index in [0.29, 0.717) is 0 Å². The fourth-order valence-electron chi connectivity index (χ4n) is 5.70. The molecule has 0 fully saturated rings. The number of hydrogen-bond donors (Lipinski definition) is 0. The van der Waals surface area contributed by atoms with Gasteiger partial charge < -0.3 is 4.42 Å². The molecule has 2 aromatic heterocycles. The zero-order valence-electron chi connectivity index (χ0n) is 19.8. The Hall–Kier alpha value is -2.65. The minimum atomic E-state index is 0.181. The van der Waals surface area contributed by atoms with E-state index in [9.17, 15) is 0 Å². The average molecular weight is 441 g/mol. The summed E-state index contributed by atoms with van der Waals surface area (Å²) in [4.78, 5) is 1.53. The zero-order chi connectivity index (χ0) is 22.4. The van der Waals surface area contributed by atoms with Crippen molar-refractivity contribution in [2.24, 2.45) is 7.05 Å². The summed E-state index contributed by atoms with van der Waals surface area (Å²) in [6, 6.07) is 17.4. The molecule has 0 radical (unpaired) electrons. The molecule has 0 unspecified atom stereocenters. The van der Waals surface area contributed by atoms with Gasteiger partial charge in [0.2, 0.25) is 5.69 Å². The van der Waals surface area contributed by atoms with E-state index in [0.717, 1.165) is 11.2 Å². The van der Waals surface area contributed by atoms with Crippen molar-refractivity contribution in [2.75, 3.05) is 0 Å². The van der Waals surface area contributed by atoms with Gasteiger partial charge in [0.1, 0.15) is 18.2 Å². The first-order chi connectivity index (χ1) is 15.2. The number of fused-ring (bicyclic) bond motifs is 6. The Morgan fingerprint density at radius 3 is 2.28 bits per heavy atom. The Balaban J connectivity index is 1.72. The fraction of sp³-hybridized carbons (Fsp3) is 0.345. The summed E-state index contributed by atoms with van der Waals surface area (Å²) < 4.78 is 9.18. The second kappa shape index (κ2) is 6.45. The van der Waals surface area contributed by atoms with Gasteiger partial charge in [0.25, 0.3) is 5.01 Å². The summed E-state index contributed by atoms with van der Waals surface area (Å²) in [7, 11) is 2.25. The van der Waals surface area contributed by atoms with Crippen molar-refractivity contribution in [1.82, 2.24) is 0 Å². The molecular formula is C29H30NOS+. The van der Waals surface area contributed by atoms with Crippen molar-refractivity contribution >= 4 is 44.0 Å². The van der Waals surface area contributed by atoms with E-state index in [1.807, 2.05) is 11.3 Å². The smallest absolute Gasteiger partial charge is 0.273 e. The number of benzene rings is 3. The van der Waals surface area contributed by atoms with E-state index in [1.54, 1.807) is 0 Å². The van der Waals surface area contributed by atoms with Crippen LogP contribution in [0.3, 0.4) is 0 Å². The highest BCUT2D eigenvalue weighted by Crippen LogP contribution is 2.50. The standard InChI is InChI=1S/C29H30NOS/c1-17-11-13-21-20-14-12-18-9-7-8-10-19(18)23(20)31-24(21)22(17)27-30(6)25-26(32-27)29(4,5)16-15-28(25,2)3/h7-14H,15-16H2,1-6H3/q+1. The Bertz CT molecular complexity index is 1550. The highest BCUT2D eigenvalue weighted by atomic mass is 32.1. The third-order valence-electron chi connectivity index (χ3n) is 7.64. The summed E-state index contributed by atoms with van der Waals surface area (Å²) in [6.07, 6.45) is 2.45. The molecule has 0 saturated heterocycles. The molecule has 0 spiro atoms. The first kappa shape index (κ1) is 20.0. The lowest BCUT2D eigenvalue weighted by Crippen LogP contribution is -2.45. The predicted molar refractivity (Wildman–Crippen MR) is 136 cm³/mol. The molecular weight excluding hydrogens is 410 g/mol. The Labute approximate surface area is 193 Å². The number of aryl methyl sites for hydroxylation is 1. The van der Waals surface area contributed by atoms with Gasteiger partial charge in [0.05, 0.1) is 10.3 Å². The van der Waals surface area contributed by atoms with Crippen LogP contribution in [0.5, 0.6) is 0 Å². The molecule has 0 atom stereocenters. The van der Waals surface area contributed by atoms with Crippen LogP contribution >= 0.6 is 11.3 Å². The van der Waals surface area contributed by atoms with E-state index >= 15 is 0 Å². The number of aromatic nitrogens is 1. The number of furan rings is 1. The van der Waals surface area contributed by atoms with Crippen LogP contribution in [0.2, 0.25) is 0 Å². The molecule has 1 aliphatic carbocycles. The molecule has 32 heavy (non-hydrogen) atoms. The molecule has 3 heteroatoms. The van der Waals surface area contributed by atoms with Gasteiger partial charge in [-0.25, -0.2) is 0 Å². The largest absolute Gasteiger partial charge is 0.454 e. The van der Waals surface area contributed by atoms with Crippen molar-refractivity contribution in [1.29, 1.82) is 0 Å². The quantitative estimate of drug-likeness (QED) is 0.242. The maximum atomic E-state index is 6.72. The van der Waals surface area contributed by atoms with E-state index < -0.39 is 0 Å². The van der Waals surface area contributed by atoms with Gasteiger partial charge in [-0.3, -0.25) is 0 Å². The first-order valence-corrected chi connectivity index (χ1v) is 12.4. The van der Waals surface area contributed by atoms with Crippen LogP contribution in [-0.2, 0) is 17.9 Å². The van der Waals surface area contributed by atoms with Crippen LogP contribution in [0.4, 0.5) is 0 Å². The van der Waals surface area contributed by atoms with Crippen LogP contribution in [-0.4, -0.2) is 0 Å². The number of hydrogen-bond acceptors (Lipinski definition) is 2. The van der Waals surface area contributed by atoms with Gasteiger partial charge in [-0.1, -0.05) is 67.6 Å². The lowest BCUT2D eigenvalue weighted by Gasteiger charge is -2.35. The Morgan fingerprint density at radius 1 is 0.812 bits per heavy atom. The molecule has 2 nitrogen and oxygen atoms in total. The molecule has 5 aromatic rings. The van der Waals surface area contributed by atoms with Crippen LogP contribution < -0.4 is 4.57 Å². The van der Waals surface area contributed by atoms with Crippen molar-refractivity contribution < 1.29 is 8.98 Å². The van der Waals surface area contributed by atoms with Crippen molar-refractivity contribution in [3.63, 3.8) is 0 Å². The molecule has 0 saturated carbocycles. The maximum absolute atomic E-state index is 6.72. The fourth-order valence-corrected chi connectivity index (χ4v) is 7.36. The molecule has 1 aliphatic rings. The third-order valence-corrected chi connectivity index (χ3v) is 9.26. The Morgan fingerprint density at radius 2 is 1.50 bits per heavy atom. The van der Waals surface area contributed by atoms with Crippen LogP contribution in [0, 0.1) is 6.92 Å². The van der Waals surface area contributed by atoms with Gasteiger partial charge in [-0.05, 0) is 50.6 Å². The topological polar surface area (TPSA) is 17.0 Å². The number of nitrogens with zero attached hydrogens (tertiary/aromatic N) is 1. The van der Waals surface area contributed by atoms with Crippen LogP contribution in [0.15, 0.2) is 52.9 Å². The normalized spacial score (nSPS) is 17.3. The Kier molecular flexibility index (Phi) is 4.03. The monoisotopic (exact) mass is 440 g/mol. The van der Waals surface area contributed by atoms with Gasteiger partial charge in [-0.15, -0.1) is 0 Å². The van der Waals surface area contributed by atoms with E-state index in [4.69, 9.17) is 4.42 Å². The molecule has 0 bridgehead atoms. The third kappa shape index (κ3) is 2.61. The van der Waals surface area contributed by atoms with Gasteiger partial charge >= 0.3 is 0 Å². The summed E-state index contributed by atoms with van der Waals surface area (Å²) in [5.74, 6) is 0. The molecule has 2 heterocycles. The molecule has 3 aromatic carbocycles. The second-order valence-electron chi connectivity index (χ2n) is 10.8. The summed E-state index contributed by atoms with van der Waals surface area (Å²) >= 11 is 1.97. The predicted octanol–water partition coefficient (Wildman–Crippen LogP) is 7.95. The maximum Gasteiger partial charge on any atom is 0.273 e. The molecule has 0 aliphatic heterocycles. The molecule has 6 rings (SSSR count). The van der Waals surface area contributed by atoms with Crippen LogP contribution in [0.1, 0.15) is 56.7 Å². The summed E-state index contributed by atoms with van der Waals surface area (Å²) in [6.45, 7) is 11.8. The number of rotatable bonds is 1. The first-order valence-electron chi connectivity index (χ1n) is 11.6. The zero-order valence-corrected chi connectivity index (χ0v) is 20.6. The molecule has 0 N–H and O–H groups in total. The summed E-state index contributed by atoms with van der Waals surface area (Å²) in [5, 5.41) is 6.12.